The SMILES string of the molecule is Cc1c([C@H]2CNCCN(C(=O)Cc3cnc(-n4cnnn4)nc3)CCCO2)ccc2c1COC2=O. The number of tetrazole rings is 1. The van der Waals surface area contributed by atoms with Gasteiger partial charge in [-0.25, -0.2) is 14.8 Å². The van der Waals surface area contributed by atoms with Gasteiger partial charge < -0.3 is 19.7 Å². The highest BCUT2D eigenvalue weighted by Crippen LogP contribution is 2.30. The molecule has 0 spiro atoms. The maximum absolute atomic E-state index is 12.9. The predicted molar refractivity (Wildman–Crippen MR) is 122 cm³/mol. The van der Waals surface area contributed by atoms with Crippen LogP contribution in [0.3, 0.4) is 0 Å². The molecule has 2 aromatic heterocycles. The van der Waals surface area contributed by atoms with Crippen LogP contribution in [-0.4, -0.2) is 79.7 Å². The molecule has 0 radical (unpaired) electrons. The van der Waals surface area contributed by atoms with Crippen LogP contribution in [0.15, 0.2) is 30.9 Å². The molecule has 3 aromatic rings. The molecule has 1 saturated heterocycles. The number of nitrogens with zero attached hydrogens (tertiary/aromatic N) is 7. The lowest BCUT2D eigenvalue weighted by molar-refractivity contribution is -0.130. The lowest BCUT2D eigenvalue weighted by atomic mass is 9.95. The van der Waals surface area contributed by atoms with Gasteiger partial charge in [0, 0.05) is 50.7 Å². The summed E-state index contributed by atoms with van der Waals surface area (Å²) in [6.07, 6.45) is 5.46. The molecule has 5 rings (SSSR count). The third kappa shape index (κ3) is 5.03. The Labute approximate surface area is 201 Å². The minimum absolute atomic E-state index is 0.0156. The summed E-state index contributed by atoms with van der Waals surface area (Å²) in [5.74, 6) is 0.0973. The number of nitrogens with one attached hydrogen (secondary N) is 1. The summed E-state index contributed by atoms with van der Waals surface area (Å²) in [6, 6.07) is 3.79. The Balaban J connectivity index is 1.17. The molecule has 12 heteroatoms. The van der Waals surface area contributed by atoms with Gasteiger partial charge in [-0.3, -0.25) is 4.79 Å². The summed E-state index contributed by atoms with van der Waals surface area (Å²) in [4.78, 5) is 35.1. The molecule has 1 atom stereocenters. The van der Waals surface area contributed by atoms with Crippen LogP contribution in [0.5, 0.6) is 0 Å². The fourth-order valence-electron chi connectivity index (χ4n) is 4.36. The Morgan fingerprint density at radius 2 is 2.09 bits per heavy atom. The number of aromatic nitrogens is 6. The molecule has 0 saturated carbocycles. The fraction of sp³-hybridized carbons (Fsp3) is 0.435. The molecule has 12 nitrogen and oxygen atoms in total. The van der Waals surface area contributed by atoms with Crippen molar-refractivity contribution in [1.82, 2.24) is 40.4 Å². The first kappa shape index (κ1) is 23.0. The van der Waals surface area contributed by atoms with Gasteiger partial charge in [-0.05, 0) is 46.5 Å². The predicted octanol–water partition coefficient (Wildman–Crippen LogP) is 0.553. The van der Waals surface area contributed by atoms with Crippen LogP contribution in [0.2, 0.25) is 0 Å². The number of hydrogen-bond acceptors (Lipinski definition) is 10. The molecule has 35 heavy (non-hydrogen) atoms. The fourth-order valence-corrected chi connectivity index (χ4v) is 4.36. The van der Waals surface area contributed by atoms with Crippen LogP contribution >= 0.6 is 0 Å². The maximum Gasteiger partial charge on any atom is 0.338 e. The third-order valence-electron chi connectivity index (χ3n) is 6.29. The molecule has 0 unspecified atom stereocenters. The topological polar surface area (TPSA) is 137 Å². The number of ether oxygens (including phenoxy) is 2. The molecule has 0 bridgehead atoms. The van der Waals surface area contributed by atoms with Gasteiger partial charge in [-0.1, -0.05) is 6.07 Å². The highest BCUT2D eigenvalue weighted by Gasteiger charge is 2.27. The van der Waals surface area contributed by atoms with Gasteiger partial charge in [0.05, 0.1) is 18.1 Å². The average molecular weight is 479 g/mol. The minimum Gasteiger partial charge on any atom is -0.457 e. The third-order valence-corrected chi connectivity index (χ3v) is 6.29. The molecule has 0 aliphatic carbocycles. The quantitative estimate of drug-likeness (QED) is 0.529. The number of rotatable bonds is 4. The molecule has 1 fully saturated rings. The minimum atomic E-state index is -0.264. The Hall–Kier alpha value is -3.77. The van der Waals surface area contributed by atoms with Crippen molar-refractivity contribution in [2.45, 2.75) is 32.5 Å². The van der Waals surface area contributed by atoms with Crippen molar-refractivity contribution in [3.8, 4) is 5.95 Å². The van der Waals surface area contributed by atoms with E-state index in [2.05, 4.69) is 30.8 Å². The van der Waals surface area contributed by atoms with E-state index < -0.39 is 0 Å². The second-order valence-corrected chi connectivity index (χ2v) is 8.50. The Bertz CT molecular complexity index is 1190. The van der Waals surface area contributed by atoms with Crippen LogP contribution in [0.1, 0.15) is 45.1 Å². The van der Waals surface area contributed by atoms with Gasteiger partial charge in [-0.15, -0.1) is 5.10 Å². The molecule has 2 aliphatic rings. The van der Waals surface area contributed by atoms with Crippen molar-refractivity contribution in [3.05, 3.63) is 58.7 Å². The number of esters is 1. The summed E-state index contributed by atoms with van der Waals surface area (Å²) >= 11 is 0. The van der Waals surface area contributed by atoms with Crippen LogP contribution in [0, 0.1) is 6.92 Å². The molecule has 1 N–H and O–H groups in total. The van der Waals surface area contributed by atoms with Crippen molar-refractivity contribution in [3.63, 3.8) is 0 Å². The maximum atomic E-state index is 12.9. The van der Waals surface area contributed by atoms with E-state index in [9.17, 15) is 9.59 Å². The highest BCUT2D eigenvalue weighted by atomic mass is 16.5. The Morgan fingerprint density at radius 1 is 1.23 bits per heavy atom. The average Bonchev–Trinajstić information content (AvgIpc) is 3.54. The van der Waals surface area contributed by atoms with Gasteiger partial charge in [0.15, 0.2) is 0 Å². The number of fused-ring (bicyclic) bond motifs is 1. The first-order valence-electron chi connectivity index (χ1n) is 11.5. The zero-order valence-electron chi connectivity index (χ0n) is 19.4. The van der Waals surface area contributed by atoms with Crippen molar-refractivity contribution < 1.29 is 19.1 Å². The molecule has 4 heterocycles. The Morgan fingerprint density at radius 3 is 2.89 bits per heavy atom. The van der Waals surface area contributed by atoms with Crippen molar-refractivity contribution in [1.29, 1.82) is 0 Å². The van der Waals surface area contributed by atoms with E-state index in [-0.39, 0.29) is 24.4 Å². The van der Waals surface area contributed by atoms with E-state index in [1.807, 2.05) is 24.0 Å². The lowest BCUT2D eigenvalue weighted by Gasteiger charge is -2.27. The van der Waals surface area contributed by atoms with Crippen LogP contribution in [0.25, 0.3) is 5.95 Å². The normalized spacial score (nSPS) is 18.7. The van der Waals surface area contributed by atoms with E-state index in [1.54, 1.807) is 12.4 Å². The van der Waals surface area contributed by atoms with Gasteiger partial charge in [0.25, 0.3) is 5.95 Å². The molecule has 1 aromatic carbocycles. The van der Waals surface area contributed by atoms with Gasteiger partial charge in [0.2, 0.25) is 5.91 Å². The van der Waals surface area contributed by atoms with Crippen LogP contribution in [0.4, 0.5) is 0 Å². The molecule has 182 valence electrons. The number of carbonyl (C=O) groups excluding carboxylic acids is 2. The van der Waals surface area contributed by atoms with Gasteiger partial charge in [-0.2, -0.15) is 4.68 Å². The number of cyclic esters (lactones) is 1. The first-order chi connectivity index (χ1) is 17.1. The largest absolute Gasteiger partial charge is 0.457 e. The van der Waals surface area contributed by atoms with E-state index in [0.717, 1.165) is 28.7 Å². The van der Waals surface area contributed by atoms with E-state index in [4.69, 9.17) is 9.47 Å². The number of benzene rings is 1. The monoisotopic (exact) mass is 478 g/mol. The zero-order valence-corrected chi connectivity index (χ0v) is 19.4. The molecule has 1 amide bonds. The number of carbonyl (C=O) groups is 2. The van der Waals surface area contributed by atoms with E-state index in [1.165, 1.54) is 11.0 Å². The molecular formula is C23H26N8O4. The van der Waals surface area contributed by atoms with E-state index >= 15 is 0 Å². The van der Waals surface area contributed by atoms with Crippen LogP contribution < -0.4 is 5.32 Å². The number of amides is 1. The summed E-state index contributed by atoms with van der Waals surface area (Å²) in [5, 5.41) is 14.3. The summed E-state index contributed by atoms with van der Waals surface area (Å²) in [7, 11) is 0. The van der Waals surface area contributed by atoms with Crippen molar-refractivity contribution in [2.75, 3.05) is 32.8 Å². The summed E-state index contributed by atoms with van der Waals surface area (Å²) in [5.41, 5.74) is 4.42. The van der Waals surface area contributed by atoms with E-state index in [0.29, 0.717) is 50.9 Å². The summed E-state index contributed by atoms with van der Waals surface area (Å²) in [6.45, 7) is 5.30. The Kier molecular flexibility index (Phi) is 6.73. The second kappa shape index (κ2) is 10.2. The smallest absolute Gasteiger partial charge is 0.338 e. The van der Waals surface area contributed by atoms with Crippen LogP contribution in [-0.2, 0) is 27.3 Å². The first-order valence-corrected chi connectivity index (χ1v) is 11.5. The zero-order chi connectivity index (χ0) is 24.2. The standard InChI is InChI=1S/C23H26N8O4/c1-15-17(3-4-18-19(15)13-35-22(18)33)20-12-24-5-7-30(6-2-8-34-20)21(32)9-16-10-25-23(26-11-16)31-14-27-28-29-31/h3-4,10-11,14,20,24H,2,5-9,12-13H2,1H3/t20-/m1/s1. The van der Waals surface area contributed by atoms with Gasteiger partial charge in [0.1, 0.15) is 12.9 Å². The number of hydrogen-bond donors (Lipinski definition) is 1. The van der Waals surface area contributed by atoms with Crippen molar-refractivity contribution in [2.24, 2.45) is 0 Å². The lowest BCUT2D eigenvalue weighted by Crippen LogP contribution is -2.41. The van der Waals surface area contributed by atoms with Crippen molar-refractivity contribution >= 4 is 11.9 Å². The second-order valence-electron chi connectivity index (χ2n) is 8.50. The molecular weight excluding hydrogens is 452 g/mol. The summed E-state index contributed by atoms with van der Waals surface area (Å²) < 4.78 is 12.7. The molecule has 2 aliphatic heterocycles. The highest BCUT2D eigenvalue weighted by molar-refractivity contribution is 5.94. The van der Waals surface area contributed by atoms with Gasteiger partial charge >= 0.3 is 5.97 Å².